The monoisotopic (exact) mass is 360 g/mol. The minimum Gasteiger partial charge on any atom is -0.508 e. The van der Waals surface area contributed by atoms with Crippen LogP contribution in [-0.4, -0.2) is 38.1 Å². The third-order valence-corrected chi connectivity index (χ3v) is 4.32. The van der Waals surface area contributed by atoms with Crippen LogP contribution < -0.4 is 5.32 Å². The zero-order chi connectivity index (χ0) is 19.1. The molecule has 1 aromatic carbocycles. The highest BCUT2D eigenvalue weighted by molar-refractivity contribution is 5.38. The van der Waals surface area contributed by atoms with E-state index in [0.717, 1.165) is 5.82 Å². The molecule has 142 valence electrons. The molecule has 26 heavy (non-hydrogen) atoms. The normalized spacial score (nSPS) is 14.8. The Balaban J connectivity index is 2.04. The average Bonchev–Trinajstić information content (AvgIpc) is 2.59. The Morgan fingerprint density at radius 2 is 1.73 bits per heavy atom. The summed E-state index contributed by atoms with van der Waals surface area (Å²) in [7, 11) is 0. The number of benzene rings is 1. The van der Waals surface area contributed by atoms with Gasteiger partial charge in [-0.3, -0.25) is 0 Å². The minimum absolute atomic E-state index is 0.117. The molecule has 0 aliphatic carbocycles. The van der Waals surface area contributed by atoms with E-state index < -0.39 is 18.1 Å². The van der Waals surface area contributed by atoms with Crippen molar-refractivity contribution in [3.05, 3.63) is 48.2 Å². The lowest BCUT2D eigenvalue weighted by atomic mass is 9.83. The predicted molar refractivity (Wildman–Crippen MR) is 101 cm³/mol. The van der Waals surface area contributed by atoms with Gasteiger partial charge in [0.05, 0.1) is 12.2 Å². The Labute approximate surface area is 154 Å². The van der Waals surface area contributed by atoms with Crippen molar-refractivity contribution < 1.29 is 20.4 Å². The van der Waals surface area contributed by atoms with Crippen molar-refractivity contribution in [1.29, 1.82) is 0 Å². The molecule has 0 bridgehead atoms. The van der Waals surface area contributed by atoms with E-state index in [1.54, 1.807) is 6.20 Å². The second-order valence-electron chi connectivity index (χ2n) is 7.02. The number of hydrogen-bond acceptors (Lipinski definition) is 6. The third kappa shape index (κ3) is 5.89. The molecule has 3 atom stereocenters. The lowest BCUT2D eigenvalue weighted by molar-refractivity contribution is -0.00187. The first kappa shape index (κ1) is 20.0. The summed E-state index contributed by atoms with van der Waals surface area (Å²) in [5.74, 6) is 0.363. The van der Waals surface area contributed by atoms with E-state index in [9.17, 15) is 20.4 Å². The van der Waals surface area contributed by atoms with Crippen LogP contribution in [0.25, 0.3) is 0 Å². The first-order valence-electron chi connectivity index (χ1n) is 8.90. The molecule has 0 saturated heterocycles. The number of pyridine rings is 1. The highest BCUT2D eigenvalue weighted by atomic mass is 16.3. The molecular formula is C20H28N2O4. The lowest BCUT2D eigenvalue weighted by Crippen LogP contribution is -2.30. The summed E-state index contributed by atoms with van der Waals surface area (Å²) in [5, 5.41) is 43.9. The van der Waals surface area contributed by atoms with Gasteiger partial charge in [0, 0.05) is 24.7 Å². The number of aliphatic hydroxyl groups excluding tert-OH is 2. The van der Waals surface area contributed by atoms with E-state index in [2.05, 4.69) is 10.3 Å². The fourth-order valence-electron chi connectivity index (χ4n) is 3.11. The van der Waals surface area contributed by atoms with Crippen LogP contribution in [0.5, 0.6) is 11.5 Å². The smallest absolute Gasteiger partial charge is 0.125 e. The van der Waals surface area contributed by atoms with Crippen molar-refractivity contribution in [3.8, 4) is 11.5 Å². The van der Waals surface area contributed by atoms with Gasteiger partial charge in [0.15, 0.2) is 0 Å². The molecule has 6 nitrogen and oxygen atoms in total. The molecule has 5 N–H and O–H groups in total. The predicted octanol–water partition coefficient (Wildman–Crippen LogP) is 3.05. The number of aromatic nitrogens is 1. The molecule has 2 aromatic rings. The maximum absolute atomic E-state index is 10.7. The summed E-state index contributed by atoms with van der Waals surface area (Å²) in [4.78, 5) is 4.17. The Morgan fingerprint density at radius 3 is 2.31 bits per heavy atom. The number of aromatic hydroxyl groups is 2. The first-order valence-corrected chi connectivity index (χ1v) is 8.90. The van der Waals surface area contributed by atoms with E-state index >= 15 is 0 Å². The van der Waals surface area contributed by atoms with Crippen molar-refractivity contribution >= 4 is 5.82 Å². The van der Waals surface area contributed by atoms with Crippen molar-refractivity contribution in [2.24, 2.45) is 11.8 Å². The highest BCUT2D eigenvalue weighted by Crippen LogP contribution is 2.34. The van der Waals surface area contributed by atoms with Crippen LogP contribution in [0.15, 0.2) is 42.6 Å². The third-order valence-electron chi connectivity index (χ3n) is 4.32. The number of hydrogen-bond donors (Lipinski definition) is 5. The van der Waals surface area contributed by atoms with E-state index in [1.165, 1.54) is 18.2 Å². The van der Waals surface area contributed by atoms with Gasteiger partial charge >= 0.3 is 0 Å². The summed E-state index contributed by atoms with van der Waals surface area (Å²) in [6.45, 7) is 4.57. The zero-order valence-electron chi connectivity index (χ0n) is 15.2. The quantitative estimate of drug-likeness (QED) is 0.471. The molecule has 6 heteroatoms. The summed E-state index contributed by atoms with van der Waals surface area (Å²) in [5.41, 5.74) is 0.393. The number of rotatable bonds is 9. The first-order chi connectivity index (χ1) is 12.4. The largest absolute Gasteiger partial charge is 0.508 e. The molecular weight excluding hydrogens is 332 g/mol. The number of phenolic OH excluding ortho intramolecular Hbond substituents is 2. The van der Waals surface area contributed by atoms with Crippen LogP contribution in [0, 0.1) is 11.8 Å². The fourth-order valence-corrected chi connectivity index (χ4v) is 3.11. The summed E-state index contributed by atoms with van der Waals surface area (Å²) < 4.78 is 0. The number of aliphatic hydroxyl groups is 2. The van der Waals surface area contributed by atoms with Gasteiger partial charge in [-0.05, 0) is 48.6 Å². The number of nitrogens with zero attached hydrogens (tertiary/aromatic N) is 1. The molecule has 0 unspecified atom stereocenters. The second-order valence-corrected chi connectivity index (χ2v) is 7.02. The van der Waals surface area contributed by atoms with Gasteiger partial charge in [0.25, 0.3) is 0 Å². The minimum atomic E-state index is -0.986. The highest BCUT2D eigenvalue weighted by Gasteiger charge is 2.29. The Kier molecular flexibility index (Phi) is 7.24. The van der Waals surface area contributed by atoms with Gasteiger partial charge in [-0.2, -0.15) is 0 Å². The molecule has 0 aliphatic heterocycles. The van der Waals surface area contributed by atoms with Crippen LogP contribution in [0.3, 0.4) is 0 Å². The van der Waals surface area contributed by atoms with Crippen LogP contribution in [0.1, 0.15) is 38.4 Å². The van der Waals surface area contributed by atoms with Gasteiger partial charge < -0.3 is 25.7 Å². The van der Waals surface area contributed by atoms with Gasteiger partial charge in [-0.15, -0.1) is 0 Å². The number of anilines is 1. The number of phenols is 2. The SMILES string of the molecule is CC(C)C[C@H]([C@H](O)CCNc1ccccn1)[C@@H](O)c1cc(O)cc(O)c1. The second kappa shape index (κ2) is 9.40. The zero-order valence-corrected chi connectivity index (χ0v) is 15.2. The van der Waals surface area contributed by atoms with Gasteiger partial charge in [-0.25, -0.2) is 4.98 Å². The van der Waals surface area contributed by atoms with Crippen molar-refractivity contribution in [2.75, 3.05) is 11.9 Å². The summed E-state index contributed by atoms with van der Waals surface area (Å²) in [6, 6.07) is 9.60. The maximum Gasteiger partial charge on any atom is 0.125 e. The molecule has 0 radical (unpaired) electrons. The standard InChI is InChI=1S/C20H28N2O4/c1-13(2)9-17(20(26)14-10-15(23)12-16(24)11-14)18(25)6-8-22-19-5-3-4-7-21-19/h3-5,7,10-13,17-18,20,23-26H,6,8-9H2,1-2H3,(H,21,22)/t17-,18-,20+/m1/s1. The van der Waals surface area contributed by atoms with Crippen LogP contribution >= 0.6 is 0 Å². The van der Waals surface area contributed by atoms with Crippen molar-refractivity contribution in [1.82, 2.24) is 4.98 Å². The van der Waals surface area contributed by atoms with Crippen LogP contribution in [0.2, 0.25) is 0 Å². The van der Waals surface area contributed by atoms with Crippen molar-refractivity contribution in [3.63, 3.8) is 0 Å². The Hall–Kier alpha value is -2.31. The Morgan fingerprint density at radius 1 is 1.04 bits per heavy atom. The van der Waals surface area contributed by atoms with E-state index in [-0.39, 0.29) is 17.4 Å². The van der Waals surface area contributed by atoms with Gasteiger partial charge in [0.2, 0.25) is 0 Å². The maximum atomic E-state index is 10.7. The molecule has 0 aliphatic rings. The molecule has 0 amide bonds. The average molecular weight is 360 g/mol. The molecule has 1 heterocycles. The van der Waals surface area contributed by atoms with E-state index in [0.29, 0.717) is 24.9 Å². The molecule has 1 aromatic heterocycles. The molecule has 2 rings (SSSR count). The summed E-state index contributed by atoms with van der Waals surface area (Å²) >= 11 is 0. The van der Waals surface area contributed by atoms with Crippen molar-refractivity contribution in [2.45, 2.75) is 38.9 Å². The topological polar surface area (TPSA) is 106 Å². The van der Waals surface area contributed by atoms with E-state index in [1.807, 2.05) is 32.0 Å². The van der Waals surface area contributed by atoms with Crippen LogP contribution in [0.4, 0.5) is 5.82 Å². The Bertz CT molecular complexity index is 659. The number of nitrogens with one attached hydrogen (secondary N) is 1. The van der Waals surface area contributed by atoms with Gasteiger partial charge in [-0.1, -0.05) is 19.9 Å². The lowest BCUT2D eigenvalue weighted by Gasteiger charge is -2.29. The summed E-state index contributed by atoms with van der Waals surface area (Å²) in [6.07, 6.45) is 1.02. The molecule has 0 fully saturated rings. The van der Waals surface area contributed by atoms with E-state index in [4.69, 9.17) is 0 Å². The fraction of sp³-hybridized carbons (Fsp3) is 0.450. The molecule has 0 spiro atoms. The van der Waals surface area contributed by atoms with Gasteiger partial charge in [0.1, 0.15) is 17.3 Å². The van der Waals surface area contributed by atoms with Crippen LogP contribution in [-0.2, 0) is 0 Å². The molecule has 0 saturated carbocycles.